The maximum Gasteiger partial charge on any atom is 0.181 e. The highest BCUT2D eigenvalue weighted by Crippen LogP contribution is 2.27. The zero-order chi connectivity index (χ0) is 8.72. The van der Waals surface area contributed by atoms with Gasteiger partial charge >= 0.3 is 0 Å². The second-order valence-electron chi connectivity index (χ2n) is 2.26. The standard InChI is InChI=1S/C7H4F2N2S/c8-3-1-2-4-6(5(3)9)12-7(10)11-4/h1-2H,(H2,10,11). The second kappa shape index (κ2) is 2.38. The molecule has 0 unspecified atom stereocenters. The van der Waals surface area contributed by atoms with E-state index in [0.29, 0.717) is 5.52 Å². The molecule has 0 spiro atoms. The van der Waals surface area contributed by atoms with Crippen molar-refractivity contribution in [3.63, 3.8) is 0 Å². The number of hydrogen-bond donors (Lipinski definition) is 1. The monoisotopic (exact) mass is 186 g/mol. The number of hydrogen-bond acceptors (Lipinski definition) is 3. The Balaban J connectivity index is 2.89. The molecule has 2 aromatic rings. The largest absolute Gasteiger partial charge is 0.375 e. The van der Waals surface area contributed by atoms with Gasteiger partial charge in [0.1, 0.15) is 0 Å². The normalized spacial score (nSPS) is 10.8. The highest BCUT2D eigenvalue weighted by atomic mass is 32.1. The molecule has 0 bridgehead atoms. The first kappa shape index (κ1) is 7.42. The third kappa shape index (κ3) is 0.937. The fourth-order valence-corrected chi connectivity index (χ4v) is 1.71. The third-order valence-corrected chi connectivity index (χ3v) is 2.36. The van der Waals surface area contributed by atoms with Crippen LogP contribution in [0.15, 0.2) is 12.1 Å². The Hall–Kier alpha value is -1.23. The van der Waals surface area contributed by atoms with Crippen molar-refractivity contribution in [2.75, 3.05) is 5.73 Å². The van der Waals surface area contributed by atoms with Crippen LogP contribution in [0.5, 0.6) is 0 Å². The fraction of sp³-hybridized carbons (Fsp3) is 0. The van der Waals surface area contributed by atoms with Gasteiger partial charge in [0.15, 0.2) is 16.8 Å². The Morgan fingerprint density at radius 2 is 2.08 bits per heavy atom. The lowest BCUT2D eigenvalue weighted by Gasteiger charge is -1.90. The van der Waals surface area contributed by atoms with Crippen molar-refractivity contribution in [2.45, 2.75) is 0 Å². The van der Waals surface area contributed by atoms with E-state index < -0.39 is 11.6 Å². The number of thiazole rings is 1. The van der Waals surface area contributed by atoms with Gasteiger partial charge < -0.3 is 5.73 Å². The maximum absolute atomic E-state index is 13.0. The predicted molar refractivity (Wildman–Crippen MR) is 43.9 cm³/mol. The van der Waals surface area contributed by atoms with Crippen molar-refractivity contribution < 1.29 is 8.78 Å². The number of nitrogens with two attached hydrogens (primary N) is 1. The molecule has 0 saturated heterocycles. The van der Waals surface area contributed by atoms with Gasteiger partial charge in [-0.1, -0.05) is 11.3 Å². The number of anilines is 1. The predicted octanol–water partition coefficient (Wildman–Crippen LogP) is 2.16. The number of aromatic nitrogens is 1. The van der Waals surface area contributed by atoms with Gasteiger partial charge in [0, 0.05) is 0 Å². The Bertz CT molecular complexity index is 438. The molecular formula is C7H4F2N2S. The molecule has 2 nitrogen and oxygen atoms in total. The molecule has 1 aromatic carbocycles. The molecule has 0 radical (unpaired) electrons. The number of nitrogen functional groups attached to an aromatic ring is 1. The molecule has 0 aliphatic rings. The summed E-state index contributed by atoms with van der Waals surface area (Å²) in [5.41, 5.74) is 5.73. The fourth-order valence-electron chi connectivity index (χ4n) is 0.953. The first-order chi connectivity index (χ1) is 5.68. The van der Waals surface area contributed by atoms with E-state index in [1.807, 2.05) is 0 Å². The zero-order valence-electron chi connectivity index (χ0n) is 5.84. The van der Waals surface area contributed by atoms with Crippen molar-refractivity contribution in [3.05, 3.63) is 23.8 Å². The molecule has 62 valence electrons. The van der Waals surface area contributed by atoms with Crippen LogP contribution in [0, 0.1) is 11.6 Å². The highest BCUT2D eigenvalue weighted by Gasteiger charge is 2.10. The van der Waals surface area contributed by atoms with Crippen molar-refractivity contribution in [1.82, 2.24) is 4.98 Å². The molecule has 0 saturated carbocycles. The van der Waals surface area contributed by atoms with Crippen LogP contribution in [0.25, 0.3) is 10.2 Å². The van der Waals surface area contributed by atoms with E-state index in [-0.39, 0.29) is 9.83 Å². The number of halogens is 2. The van der Waals surface area contributed by atoms with Crippen LogP contribution in [0.1, 0.15) is 0 Å². The molecule has 0 atom stereocenters. The Morgan fingerprint density at radius 3 is 2.83 bits per heavy atom. The van der Waals surface area contributed by atoms with E-state index >= 15 is 0 Å². The van der Waals surface area contributed by atoms with Gasteiger partial charge in [-0.15, -0.1) is 0 Å². The van der Waals surface area contributed by atoms with Crippen LogP contribution in [0.3, 0.4) is 0 Å². The van der Waals surface area contributed by atoms with Crippen LogP contribution < -0.4 is 5.73 Å². The summed E-state index contributed by atoms with van der Waals surface area (Å²) in [5, 5.41) is 0.245. The SMILES string of the molecule is Nc1nc2ccc(F)c(F)c2s1. The van der Waals surface area contributed by atoms with E-state index in [1.165, 1.54) is 6.07 Å². The number of benzene rings is 1. The molecule has 1 aromatic heterocycles. The van der Waals surface area contributed by atoms with E-state index in [2.05, 4.69) is 4.98 Å². The summed E-state index contributed by atoms with van der Waals surface area (Å²) in [4.78, 5) is 3.80. The average molecular weight is 186 g/mol. The minimum absolute atomic E-state index is 0.174. The van der Waals surface area contributed by atoms with Gasteiger partial charge in [0.25, 0.3) is 0 Å². The first-order valence-corrected chi connectivity index (χ1v) is 4.00. The van der Waals surface area contributed by atoms with Crippen molar-refractivity contribution in [1.29, 1.82) is 0 Å². The van der Waals surface area contributed by atoms with Crippen LogP contribution in [-0.2, 0) is 0 Å². The molecule has 0 amide bonds. The Kier molecular flexibility index (Phi) is 1.47. The summed E-state index contributed by atoms with van der Waals surface area (Å²) in [5.74, 6) is -1.74. The summed E-state index contributed by atoms with van der Waals surface area (Å²) in [6, 6.07) is 2.44. The summed E-state index contributed by atoms with van der Waals surface area (Å²) >= 11 is 0.945. The van der Waals surface area contributed by atoms with Gasteiger partial charge in [-0.2, -0.15) is 0 Å². The van der Waals surface area contributed by atoms with E-state index in [9.17, 15) is 8.78 Å². The topological polar surface area (TPSA) is 38.9 Å². The molecular weight excluding hydrogens is 182 g/mol. The lowest BCUT2D eigenvalue weighted by Crippen LogP contribution is -1.82. The second-order valence-corrected chi connectivity index (χ2v) is 3.29. The van der Waals surface area contributed by atoms with E-state index in [0.717, 1.165) is 17.4 Å². The summed E-state index contributed by atoms with van der Waals surface area (Å²) in [6.45, 7) is 0. The summed E-state index contributed by atoms with van der Waals surface area (Å²) in [6.07, 6.45) is 0. The van der Waals surface area contributed by atoms with Gasteiger partial charge in [0.2, 0.25) is 0 Å². The maximum atomic E-state index is 13.0. The quantitative estimate of drug-likeness (QED) is 0.684. The van der Waals surface area contributed by atoms with Crippen molar-refractivity contribution >= 4 is 26.7 Å². The number of rotatable bonds is 0. The van der Waals surface area contributed by atoms with Gasteiger partial charge in [-0.3, -0.25) is 0 Å². The van der Waals surface area contributed by atoms with Crippen molar-refractivity contribution in [2.24, 2.45) is 0 Å². The van der Waals surface area contributed by atoms with Crippen LogP contribution in [-0.4, -0.2) is 4.98 Å². The average Bonchev–Trinajstić information content (AvgIpc) is 2.39. The first-order valence-electron chi connectivity index (χ1n) is 3.18. The summed E-state index contributed by atoms with van der Waals surface area (Å²) in [7, 11) is 0. The minimum Gasteiger partial charge on any atom is -0.375 e. The molecule has 12 heavy (non-hydrogen) atoms. The van der Waals surface area contributed by atoms with Crippen molar-refractivity contribution in [3.8, 4) is 0 Å². The highest BCUT2D eigenvalue weighted by molar-refractivity contribution is 7.22. The smallest absolute Gasteiger partial charge is 0.181 e. The van der Waals surface area contributed by atoms with E-state index in [1.54, 1.807) is 0 Å². The number of nitrogens with zero attached hydrogens (tertiary/aromatic N) is 1. The molecule has 2 rings (SSSR count). The molecule has 5 heteroatoms. The van der Waals surface area contributed by atoms with Gasteiger partial charge in [-0.25, -0.2) is 13.8 Å². The van der Waals surface area contributed by atoms with Crippen LogP contribution in [0.4, 0.5) is 13.9 Å². The molecule has 0 fully saturated rings. The third-order valence-electron chi connectivity index (χ3n) is 1.47. The van der Waals surface area contributed by atoms with Crippen LogP contribution in [0.2, 0.25) is 0 Å². The Labute approximate surface area is 70.6 Å². The van der Waals surface area contributed by atoms with E-state index in [4.69, 9.17) is 5.73 Å². The molecule has 2 N–H and O–H groups in total. The molecule has 0 aliphatic heterocycles. The molecule has 0 aliphatic carbocycles. The summed E-state index contributed by atoms with van der Waals surface area (Å²) < 4.78 is 25.7. The number of fused-ring (bicyclic) bond motifs is 1. The Morgan fingerprint density at radius 1 is 1.33 bits per heavy atom. The lowest BCUT2D eigenvalue weighted by molar-refractivity contribution is 0.518. The lowest BCUT2D eigenvalue weighted by atomic mass is 10.3. The van der Waals surface area contributed by atoms with Crippen LogP contribution >= 0.6 is 11.3 Å². The van der Waals surface area contributed by atoms with Gasteiger partial charge in [-0.05, 0) is 12.1 Å². The van der Waals surface area contributed by atoms with Gasteiger partial charge in [0.05, 0.1) is 10.2 Å². The minimum atomic E-state index is -0.873. The molecule has 1 heterocycles. The zero-order valence-corrected chi connectivity index (χ0v) is 6.66.